The molecule has 0 aliphatic carbocycles. The predicted octanol–water partition coefficient (Wildman–Crippen LogP) is 3.61. The van der Waals surface area contributed by atoms with Gasteiger partial charge in [-0.05, 0) is 30.3 Å². The van der Waals surface area contributed by atoms with E-state index in [1.165, 1.54) is 24.3 Å². The number of nitrogens with two attached hydrogens (primary N) is 1. The number of nitrogen functional groups attached to an aromatic ring is 1. The van der Waals surface area contributed by atoms with Crippen molar-refractivity contribution in [1.82, 2.24) is 0 Å². The summed E-state index contributed by atoms with van der Waals surface area (Å²) < 4.78 is 14.3. The maximum Gasteiger partial charge on any atom is 0.337 e. The molecule has 6 heteroatoms. The van der Waals surface area contributed by atoms with Crippen LogP contribution in [0.4, 0.5) is 21.5 Å². The third-order valence-electron chi connectivity index (χ3n) is 2.52. The van der Waals surface area contributed by atoms with Gasteiger partial charge in [-0.25, -0.2) is 9.18 Å². The number of aromatic carboxylic acids is 1. The average Bonchev–Trinajstić information content (AvgIpc) is 2.35. The molecule has 0 aromatic heterocycles. The van der Waals surface area contributed by atoms with Gasteiger partial charge in [-0.3, -0.25) is 0 Å². The van der Waals surface area contributed by atoms with Crippen LogP contribution in [0.2, 0.25) is 0 Å². The molecule has 0 heterocycles. The zero-order valence-corrected chi connectivity index (χ0v) is 11.2. The minimum atomic E-state index is -1.13. The molecule has 0 fully saturated rings. The van der Waals surface area contributed by atoms with Crippen molar-refractivity contribution in [3.05, 3.63) is 52.3 Å². The van der Waals surface area contributed by atoms with Crippen molar-refractivity contribution < 1.29 is 14.3 Å². The Balaban J connectivity index is 2.49. The number of carbonyl (C=O) groups is 1. The fraction of sp³-hybridized carbons (Fsp3) is 0. The summed E-state index contributed by atoms with van der Waals surface area (Å²) in [5.74, 6) is -1.63. The first-order chi connectivity index (χ1) is 8.99. The highest BCUT2D eigenvalue weighted by atomic mass is 79.9. The normalized spacial score (nSPS) is 10.2. The summed E-state index contributed by atoms with van der Waals surface area (Å²) in [4.78, 5) is 11.1. The van der Waals surface area contributed by atoms with Crippen molar-refractivity contribution in [2.75, 3.05) is 11.1 Å². The third-order valence-corrected chi connectivity index (χ3v) is 3.01. The minimum Gasteiger partial charge on any atom is -0.478 e. The number of anilines is 3. The Kier molecular flexibility index (Phi) is 3.71. The molecule has 0 atom stereocenters. The summed E-state index contributed by atoms with van der Waals surface area (Å²) in [6.45, 7) is 0. The van der Waals surface area contributed by atoms with E-state index in [0.717, 1.165) is 0 Å². The van der Waals surface area contributed by atoms with E-state index in [2.05, 4.69) is 21.2 Å². The molecule has 0 amide bonds. The Morgan fingerprint density at radius 3 is 2.74 bits per heavy atom. The third kappa shape index (κ3) is 2.85. The van der Waals surface area contributed by atoms with Crippen LogP contribution >= 0.6 is 15.9 Å². The first kappa shape index (κ1) is 13.4. The van der Waals surface area contributed by atoms with Crippen LogP contribution in [-0.4, -0.2) is 11.1 Å². The van der Waals surface area contributed by atoms with Crippen LogP contribution in [0.5, 0.6) is 0 Å². The first-order valence-electron chi connectivity index (χ1n) is 5.33. The molecule has 0 bridgehead atoms. The Hall–Kier alpha value is -2.08. The van der Waals surface area contributed by atoms with Gasteiger partial charge in [-0.15, -0.1) is 0 Å². The van der Waals surface area contributed by atoms with Crippen LogP contribution in [0, 0.1) is 5.82 Å². The van der Waals surface area contributed by atoms with Gasteiger partial charge in [-0.2, -0.15) is 0 Å². The second-order valence-electron chi connectivity index (χ2n) is 3.82. The SMILES string of the molecule is Nc1cccc(C(=O)O)c1Nc1cc(Br)ccc1F. The number of nitrogens with one attached hydrogen (secondary N) is 1. The molecule has 0 aliphatic rings. The number of para-hydroxylation sites is 1. The lowest BCUT2D eigenvalue weighted by Gasteiger charge is -2.13. The van der Waals surface area contributed by atoms with Gasteiger partial charge in [0.25, 0.3) is 0 Å². The summed E-state index contributed by atoms with van der Waals surface area (Å²) in [5, 5.41) is 11.8. The monoisotopic (exact) mass is 324 g/mol. The first-order valence-corrected chi connectivity index (χ1v) is 6.12. The van der Waals surface area contributed by atoms with Gasteiger partial charge in [-0.1, -0.05) is 22.0 Å². The molecule has 0 saturated heterocycles. The number of benzene rings is 2. The number of rotatable bonds is 3. The highest BCUT2D eigenvalue weighted by molar-refractivity contribution is 9.10. The van der Waals surface area contributed by atoms with Crippen molar-refractivity contribution in [1.29, 1.82) is 0 Å². The minimum absolute atomic E-state index is 0.0145. The number of hydrogen-bond acceptors (Lipinski definition) is 3. The topological polar surface area (TPSA) is 75.4 Å². The van der Waals surface area contributed by atoms with E-state index in [9.17, 15) is 9.18 Å². The zero-order valence-electron chi connectivity index (χ0n) is 9.65. The largest absolute Gasteiger partial charge is 0.478 e. The van der Waals surface area contributed by atoms with Crippen molar-refractivity contribution in [2.24, 2.45) is 0 Å². The highest BCUT2D eigenvalue weighted by Crippen LogP contribution is 2.30. The summed E-state index contributed by atoms with van der Waals surface area (Å²) >= 11 is 3.22. The van der Waals surface area contributed by atoms with Gasteiger partial charge in [0, 0.05) is 4.47 Å². The zero-order chi connectivity index (χ0) is 14.0. The summed E-state index contributed by atoms with van der Waals surface area (Å²) in [6.07, 6.45) is 0. The van der Waals surface area contributed by atoms with E-state index in [0.29, 0.717) is 4.47 Å². The summed E-state index contributed by atoms with van der Waals surface area (Å²) in [7, 11) is 0. The van der Waals surface area contributed by atoms with Crippen molar-refractivity contribution in [2.45, 2.75) is 0 Å². The molecule has 4 nitrogen and oxygen atoms in total. The molecule has 4 N–H and O–H groups in total. The maximum absolute atomic E-state index is 13.6. The van der Waals surface area contributed by atoms with E-state index in [1.807, 2.05) is 0 Å². The molecule has 0 aliphatic heterocycles. The quantitative estimate of drug-likeness (QED) is 0.754. The standard InChI is InChI=1S/C13H10BrFN2O2/c14-7-4-5-9(15)11(6-7)17-12-8(13(18)19)2-1-3-10(12)16/h1-6,17H,16H2,(H,18,19). The van der Waals surface area contributed by atoms with Crippen LogP contribution < -0.4 is 11.1 Å². The highest BCUT2D eigenvalue weighted by Gasteiger charge is 2.14. The number of carboxylic acids is 1. The van der Waals surface area contributed by atoms with Crippen LogP contribution in [0.25, 0.3) is 0 Å². The van der Waals surface area contributed by atoms with Gasteiger partial charge in [0.15, 0.2) is 0 Å². The Morgan fingerprint density at radius 1 is 1.32 bits per heavy atom. The van der Waals surface area contributed by atoms with Crippen LogP contribution in [0.3, 0.4) is 0 Å². The van der Waals surface area contributed by atoms with Crippen LogP contribution in [-0.2, 0) is 0 Å². The number of carboxylic acid groups (broad SMARTS) is 1. The molecule has 19 heavy (non-hydrogen) atoms. The van der Waals surface area contributed by atoms with Gasteiger partial charge in [0.05, 0.1) is 22.6 Å². The number of hydrogen-bond donors (Lipinski definition) is 3. The van der Waals surface area contributed by atoms with Gasteiger partial charge < -0.3 is 16.2 Å². The van der Waals surface area contributed by atoms with Gasteiger partial charge in [0.2, 0.25) is 0 Å². The van der Waals surface area contributed by atoms with Crippen LogP contribution in [0.15, 0.2) is 40.9 Å². The lowest BCUT2D eigenvalue weighted by atomic mass is 10.1. The lowest BCUT2D eigenvalue weighted by Crippen LogP contribution is -2.06. The molecule has 0 radical (unpaired) electrons. The number of halogens is 2. The molecule has 98 valence electrons. The predicted molar refractivity (Wildman–Crippen MR) is 75.2 cm³/mol. The van der Waals surface area contributed by atoms with Crippen molar-refractivity contribution in [3.8, 4) is 0 Å². The molecular formula is C13H10BrFN2O2. The van der Waals surface area contributed by atoms with Crippen molar-refractivity contribution in [3.63, 3.8) is 0 Å². The molecule has 0 saturated carbocycles. The fourth-order valence-corrected chi connectivity index (χ4v) is 1.98. The van der Waals surface area contributed by atoms with Gasteiger partial charge in [0.1, 0.15) is 5.82 Å². The Bertz CT molecular complexity index is 647. The van der Waals surface area contributed by atoms with E-state index in [1.54, 1.807) is 12.1 Å². The Labute approximate surface area is 117 Å². The second-order valence-corrected chi connectivity index (χ2v) is 4.74. The lowest BCUT2D eigenvalue weighted by molar-refractivity contribution is 0.0698. The van der Waals surface area contributed by atoms with Crippen LogP contribution in [0.1, 0.15) is 10.4 Å². The summed E-state index contributed by atoms with van der Waals surface area (Å²) in [5.41, 5.74) is 6.28. The van der Waals surface area contributed by atoms with Gasteiger partial charge >= 0.3 is 5.97 Å². The van der Waals surface area contributed by atoms with E-state index in [4.69, 9.17) is 10.8 Å². The van der Waals surface area contributed by atoms with E-state index < -0.39 is 11.8 Å². The van der Waals surface area contributed by atoms with E-state index >= 15 is 0 Å². The maximum atomic E-state index is 13.6. The smallest absolute Gasteiger partial charge is 0.337 e. The van der Waals surface area contributed by atoms with E-state index in [-0.39, 0.29) is 22.6 Å². The fourth-order valence-electron chi connectivity index (χ4n) is 1.62. The molecule has 2 aromatic rings. The molecule has 2 aromatic carbocycles. The summed E-state index contributed by atoms with van der Waals surface area (Å²) in [6, 6.07) is 8.80. The van der Waals surface area contributed by atoms with Crippen molar-refractivity contribution >= 4 is 39.0 Å². The molecule has 2 rings (SSSR count). The second kappa shape index (κ2) is 5.27. The average molecular weight is 325 g/mol. The molecule has 0 unspecified atom stereocenters. The Morgan fingerprint density at radius 2 is 2.05 bits per heavy atom. The molecular weight excluding hydrogens is 315 g/mol. The molecule has 0 spiro atoms.